The number of carbonyl (C=O) groups is 1. The van der Waals surface area contributed by atoms with Crippen LogP contribution >= 0.6 is 0 Å². The zero-order valence-electron chi connectivity index (χ0n) is 15.0. The molecule has 9 heteroatoms. The lowest BCUT2D eigenvalue weighted by molar-refractivity contribution is -0.142. The minimum Gasteiger partial charge on any atom is -0.322 e. The highest BCUT2D eigenvalue weighted by Crippen LogP contribution is 2.30. The van der Waals surface area contributed by atoms with E-state index in [9.17, 15) is 22.4 Å². The Hall–Kier alpha value is -2.52. The average Bonchev–Trinajstić information content (AvgIpc) is 2.65. The lowest BCUT2D eigenvalue weighted by Crippen LogP contribution is -2.48. The number of pyridine rings is 1. The molecule has 0 bridgehead atoms. The SMILES string of the molecule is O=C(CN1CCN(Cc2cccnc2C(F)(F)F)CC1)Nc1ccccc1F. The molecule has 0 unspecified atom stereocenters. The monoisotopic (exact) mass is 396 g/mol. The molecule has 0 radical (unpaired) electrons. The molecule has 5 nitrogen and oxygen atoms in total. The van der Waals surface area contributed by atoms with Crippen LogP contribution in [-0.4, -0.2) is 53.4 Å². The van der Waals surface area contributed by atoms with Crippen molar-refractivity contribution in [3.05, 3.63) is 59.7 Å². The van der Waals surface area contributed by atoms with Crippen molar-refractivity contribution >= 4 is 11.6 Å². The maximum atomic E-state index is 13.6. The number of carbonyl (C=O) groups excluding carboxylic acids is 1. The number of para-hydroxylation sites is 1. The Kier molecular flexibility index (Phi) is 6.25. The van der Waals surface area contributed by atoms with E-state index in [0.29, 0.717) is 26.2 Å². The van der Waals surface area contributed by atoms with Crippen molar-refractivity contribution in [1.29, 1.82) is 0 Å². The van der Waals surface area contributed by atoms with Gasteiger partial charge in [0.15, 0.2) is 0 Å². The second-order valence-electron chi connectivity index (χ2n) is 6.59. The first-order valence-electron chi connectivity index (χ1n) is 8.83. The number of aromatic nitrogens is 1. The quantitative estimate of drug-likeness (QED) is 0.790. The first kappa shape index (κ1) is 20.2. The molecule has 0 aliphatic carbocycles. The number of rotatable bonds is 5. The summed E-state index contributed by atoms with van der Waals surface area (Å²) in [7, 11) is 0. The van der Waals surface area contributed by atoms with Gasteiger partial charge in [-0.25, -0.2) is 4.39 Å². The van der Waals surface area contributed by atoms with Crippen LogP contribution in [0.5, 0.6) is 0 Å². The van der Waals surface area contributed by atoms with E-state index < -0.39 is 17.7 Å². The van der Waals surface area contributed by atoms with Gasteiger partial charge in [-0.3, -0.25) is 19.6 Å². The normalized spacial score (nSPS) is 16.1. The molecular formula is C19H20F4N4O. The Labute approximate surface area is 160 Å². The zero-order chi connectivity index (χ0) is 20.1. The molecule has 1 saturated heterocycles. The van der Waals surface area contributed by atoms with E-state index in [0.717, 1.165) is 6.20 Å². The average molecular weight is 396 g/mol. The summed E-state index contributed by atoms with van der Waals surface area (Å²) in [5.41, 5.74) is -0.593. The third-order valence-corrected chi connectivity index (χ3v) is 4.53. The standard InChI is InChI=1S/C19H20F4N4O/c20-15-5-1-2-6-16(15)25-17(28)13-27-10-8-26(9-11-27)12-14-4-3-7-24-18(14)19(21,22)23/h1-7H,8-13H2,(H,25,28). The maximum Gasteiger partial charge on any atom is 0.433 e. The number of anilines is 1. The van der Waals surface area contributed by atoms with E-state index in [1.165, 1.54) is 30.3 Å². The highest BCUT2D eigenvalue weighted by molar-refractivity contribution is 5.92. The molecule has 1 N–H and O–H groups in total. The third kappa shape index (κ3) is 5.26. The van der Waals surface area contributed by atoms with Gasteiger partial charge in [0.2, 0.25) is 5.91 Å². The van der Waals surface area contributed by atoms with Crippen molar-refractivity contribution in [2.75, 3.05) is 38.0 Å². The molecule has 1 aromatic heterocycles. The van der Waals surface area contributed by atoms with Gasteiger partial charge in [0.1, 0.15) is 11.5 Å². The topological polar surface area (TPSA) is 48.5 Å². The number of piperazine rings is 1. The van der Waals surface area contributed by atoms with Gasteiger partial charge < -0.3 is 5.32 Å². The van der Waals surface area contributed by atoms with Crippen LogP contribution in [0, 0.1) is 5.82 Å². The summed E-state index contributed by atoms with van der Waals surface area (Å²) < 4.78 is 52.7. The van der Waals surface area contributed by atoms with E-state index in [1.807, 2.05) is 9.80 Å². The van der Waals surface area contributed by atoms with Crippen molar-refractivity contribution in [3.63, 3.8) is 0 Å². The van der Waals surface area contributed by atoms with Gasteiger partial charge in [-0.1, -0.05) is 18.2 Å². The molecule has 2 aromatic rings. The summed E-state index contributed by atoms with van der Waals surface area (Å²) in [6.07, 6.45) is -3.35. The first-order valence-corrected chi connectivity index (χ1v) is 8.83. The second kappa shape index (κ2) is 8.66. The molecule has 28 heavy (non-hydrogen) atoms. The second-order valence-corrected chi connectivity index (χ2v) is 6.59. The van der Waals surface area contributed by atoms with Crippen molar-refractivity contribution in [2.45, 2.75) is 12.7 Å². The van der Waals surface area contributed by atoms with Crippen LogP contribution in [0.25, 0.3) is 0 Å². The van der Waals surface area contributed by atoms with Gasteiger partial charge in [0, 0.05) is 38.9 Å². The summed E-state index contributed by atoms with van der Waals surface area (Å²) in [5, 5.41) is 2.53. The van der Waals surface area contributed by atoms with Crippen LogP contribution in [0.4, 0.5) is 23.2 Å². The van der Waals surface area contributed by atoms with Gasteiger partial charge >= 0.3 is 6.18 Å². The fourth-order valence-corrected chi connectivity index (χ4v) is 3.12. The molecule has 1 aliphatic rings. The van der Waals surface area contributed by atoms with E-state index >= 15 is 0 Å². The highest BCUT2D eigenvalue weighted by Gasteiger charge is 2.35. The van der Waals surface area contributed by atoms with Crippen LogP contribution in [-0.2, 0) is 17.5 Å². The number of alkyl halides is 3. The molecule has 1 aromatic carbocycles. The molecule has 1 fully saturated rings. The molecule has 1 amide bonds. The number of nitrogens with one attached hydrogen (secondary N) is 1. The summed E-state index contributed by atoms with van der Waals surface area (Å²) in [6.45, 7) is 2.37. The van der Waals surface area contributed by atoms with Crippen LogP contribution < -0.4 is 5.32 Å². The lowest BCUT2D eigenvalue weighted by atomic mass is 10.1. The van der Waals surface area contributed by atoms with Gasteiger partial charge in [0.25, 0.3) is 0 Å². The van der Waals surface area contributed by atoms with Crippen molar-refractivity contribution < 1.29 is 22.4 Å². The Morgan fingerprint density at radius 3 is 2.39 bits per heavy atom. The fraction of sp³-hybridized carbons (Fsp3) is 0.368. The Bertz CT molecular complexity index is 820. The Morgan fingerprint density at radius 1 is 1.04 bits per heavy atom. The molecule has 0 spiro atoms. The molecule has 0 atom stereocenters. The highest BCUT2D eigenvalue weighted by atomic mass is 19.4. The summed E-state index contributed by atoms with van der Waals surface area (Å²) in [6, 6.07) is 8.85. The fourth-order valence-electron chi connectivity index (χ4n) is 3.12. The smallest absolute Gasteiger partial charge is 0.322 e. The van der Waals surface area contributed by atoms with E-state index in [4.69, 9.17) is 0 Å². The number of hydrogen-bond donors (Lipinski definition) is 1. The van der Waals surface area contributed by atoms with Crippen molar-refractivity contribution in [1.82, 2.24) is 14.8 Å². The largest absolute Gasteiger partial charge is 0.433 e. The number of halogens is 4. The van der Waals surface area contributed by atoms with Crippen LogP contribution in [0.3, 0.4) is 0 Å². The minimum atomic E-state index is -4.48. The van der Waals surface area contributed by atoms with E-state index in [2.05, 4.69) is 10.3 Å². The van der Waals surface area contributed by atoms with Gasteiger partial charge in [-0.2, -0.15) is 13.2 Å². The summed E-state index contributed by atoms with van der Waals surface area (Å²) >= 11 is 0. The van der Waals surface area contributed by atoms with Crippen LogP contribution in [0.2, 0.25) is 0 Å². The van der Waals surface area contributed by atoms with E-state index in [-0.39, 0.29) is 30.2 Å². The Balaban J connectivity index is 1.50. The first-order chi connectivity index (χ1) is 13.3. The molecule has 0 saturated carbocycles. The van der Waals surface area contributed by atoms with Crippen LogP contribution in [0.15, 0.2) is 42.6 Å². The van der Waals surface area contributed by atoms with Crippen molar-refractivity contribution in [3.8, 4) is 0 Å². The molecule has 1 aliphatic heterocycles. The summed E-state index contributed by atoms with van der Waals surface area (Å²) in [4.78, 5) is 19.4. The number of benzene rings is 1. The molecule has 150 valence electrons. The third-order valence-electron chi connectivity index (χ3n) is 4.53. The van der Waals surface area contributed by atoms with Gasteiger partial charge in [-0.15, -0.1) is 0 Å². The van der Waals surface area contributed by atoms with Crippen LogP contribution in [0.1, 0.15) is 11.3 Å². The predicted molar refractivity (Wildman–Crippen MR) is 96.0 cm³/mol. The maximum absolute atomic E-state index is 13.6. The molecule has 3 rings (SSSR count). The summed E-state index contributed by atoms with van der Waals surface area (Å²) in [5.74, 6) is -0.831. The Morgan fingerprint density at radius 2 is 1.71 bits per heavy atom. The van der Waals surface area contributed by atoms with Gasteiger partial charge in [0.05, 0.1) is 12.2 Å². The minimum absolute atomic E-state index is 0.100. The number of amides is 1. The number of nitrogens with zero attached hydrogens (tertiary/aromatic N) is 3. The molecular weight excluding hydrogens is 376 g/mol. The van der Waals surface area contributed by atoms with E-state index in [1.54, 1.807) is 6.07 Å². The number of hydrogen-bond acceptors (Lipinski definition) is 4. The molecule has 2 heterocycles. The van der Waals surface area contributed by atoms with Gasteiger partial charge in [-0.05, 0) is 23.8 Å². The zero-order valence-corrected chi connectivity index (χ0v) is 15.0. The van der Waals surface area contributed by atoms with Crippen molar-refractivity contribution in [2.24, 2.45) is 0 Å². The lowest BCUT2D eigenvalue weighted by Gasteiger charge is -2.34. The predicted octanol–water partition coefficient (Wildman–Crippen LogP) is 3.00.